The minimum Gasteiger partial charge on any atom is -0.337 e. The molecule has 0 saturated heterocycles. The Balaban J connectivity index is 2.04. The molecule has 96 valence electrons. The van der Waals surface area contributed by atoms with E-state index in [4.69, 9.17) is 0 Å². The number of carbonyl (C=O) groups excluding carboxylic acids is 1. The molecule has 0 spiro atoms. The number of benzene rings is 1. The van der Waals surface area contributed by atoms with Gasteiger partial charge < -0.3 is 10.2 Å². The number of fused-ring (bicyclic) bond motifs is 1. The Morgan fingerprint density at radius 2 is 1.89 bits per heavy atom. The van der Waals surface area contributed by atoms with Crippen LogP contribution in [0.25, 0.3) is 0 Å². The Morgan fingerprint density at radius 3 is 2.50 bits per heavy atom. The van der Waals surface area contributed by atoms with Gasteiger partial charge in [-0.3, -0.25) is 4.79 Å². The fraction of sp³-hybridized carbons (Fsp3) is 0.533. The van der Waals surface area contributed by atoms with E-state index in [-0.39, 0.29) is 11.9 Å². The van der Waals surface area contributed by atoms with Crippen molar-refractivity contribution in [3.8, 4) is 0 Å². The van der Waals surface area contributed by atoms with Gasteiger partial charge in [0.15, 0.2) is 0 Å². The number of nitrogens with zero attached hydrogens (tertiary/aromatic N) is 1. The molecule has 18 heavy (non-hydrogen) atoms. The van der Waals surface area contributed by atoms with Crippen molar-refractivity contribution in [2.45, 2.75) is 37.8 Å². The fourth-order valence-corrected chi connectivity index (χ4v) is 3.00. The zero-order chi connectivity index (χ0) is 12.7. The van der Waals surface area contributed by atoms with Crippen molar-refractivity contribution in [3.05, 3.63) is 35.4 Å². The third-order valence-electron chi connectivity index (χ3n) is 4.11. The summed E-state index contributed by atoms with van der Waals surface area (Å²) in [6.45, 7) is 3.08. The van der Waals surface area contributed by atoms with Gasteiger partial charge in [-0.05, 0) is 36.9 Å². The van der Waals surface area contributed by atoms with Crippen molar-refractivity contribution in [1.82, 2.24) is 10.2 Å². The van der Waals surface area contributed by atoms with Crippen LogP contribution < -0.4 is 5.32 Å². The number of hydrogen-bond acceptors (Lipinski definition) is 2. The monoisotopic (exact) mass is 244 g/mol. The number of amides is 1. The van der Waals surface area contributed by atoms with Gasteiger partial charge in [0, 0.05) is 12.6 Å². The highest BCUT2D eigenvalue weighted by molar-refractivity contribution is 5.85. The molecule has 1 N–H and O–H groups in total. The molecule has 1 aliphatic carbocycles. The molecule has 0 radical (unpaired) electrons. The fourth-order valence-electron chi connectivity index (χ4n) is 3.00. The van der Waals surface area contributed by atoms with Crippen molar-refractivity contribution >= 4 is 5.91 Å². The van der Waals surface area contributed by atoms with Crippen LogP contribution in [-0.2, 0) is 4.79 Å². The van der Waals surface area contributed by atoms with Crippen LogP contribution in [0.5, 0.6) is 0 Å². The molecule has 1 saturated carbocycles. The van der Waals surface area contributed by atoms with Gasteiger partial charge in [0.05, 0.1) is 0 Å². The minimum atomic E-state index is -0.174. The van der Waals surface area contributed by atoms with Crippen LogP contribution in [0.2, 0.25) is 0 Å². The standard InChI is InChI=1S/C15H20N2O/c1-10-9-17(11-7-8-11)15(18)14(16-2)13-6-4-3-5-12(10)13/h3-6,10-11,14,16H,7-9H2,1-2H3. The van der Waals surface area contributed by atoms with E-state index in [0.29, 0.717) is 12.0 Å². The van der Waals surface area contributed by atoms with Crippen LogP contribution in [0.3, 0.4) is 0 Å². The molecule has 1 amide bonds. The van der Waals surface area contributed by atoms with E-state index in [0.717, 1.165) is 12.1 Å². The van der Waals surface area contributed by atoms with Gasteiger partial charge in [0.1, 0.15) is 6.04 Å². The summed E-state index contributed by atoms with van der Waals surface area (Å²) in [7, 11) is 1.88. The topological polar surface area (TPSA) is 32.3 Å². The van der Waals surface area contributed by atoms with Gasteiger partial charge in [-0.2, -0.15) is 0 Å². The van der Waals surface area contributed by atoms with Crippen molar-refractivity contribution in [1.29, 1.82) is 0 Å². The number of rotatable bonds is 2. The molecule has 0 bridgehead atoms. The molecule has 2 atom stereocenters. The average Bonchev–Trinajstić information content (AvgIpc) is 3.20. The lowest BCUT2D eigenvalue weighted by atomic mass is 9.93. The molecule has 1 heterocycles. The van der Waals surface area contributed by atoms with Gasteiger partial charge in [-0.15, -0.1) is 0 Å². The van der Waals surface area contributed by atoms with E-state index in [2.05, 4.69) is 35.3 Å². The maximum Gasteiger partial charge on any atom is 0.244 e. The molecular weight excluding hydrogens is 224 g/mol. The van der Waals surface area contributed by atoms with Gasteiger partial charge in [0.25, 0.3) is 0 Å². The summed E-state index contributed by atoms with van der Waals surface area (Å²) in [5, 5.41) is 3.19. The molecular formula is C15H20N2O. The molecule has 3 nitrogen and oxygen atoms in total. The first kappa shape index (κ1) is 11.7. The van der Waals surface area contributed by atoms with E-state index >= 15 is 0 Å². The van der Waals surface area contributed by atoms with Crippen molar-refractivity contribution < 1.29 is 4.79 Å². The summed E-state index contributed by atoms with van der Waals surface area (Å²) in [6.07, 6.45) is 2.34. The van der Waals surface area contributed by atoms with Gasteiger partial charge in [-0.1, -0.05) is 31.2 Å². The highest BCUT2D eigenvalue weighted by atomic mass is 16.2. The molecule has 3 heteroatoms. The summed E-state index contributed by atoms with van der Waals surface area (Å²) in [4.78, 5) is 14.7. The van der Waals surface area contributed by atoms with Crippen molar-refractivity contribution in [2.24, 2.45) is 0 Å². The molecule has 1 aromatic rings. The third-order valence-corrected chi connectivity index (χ3v) is 4.11. The maximum atomic E-state index is 12.6. The van der Waals surface area contributed by atoms with Crippen molar-refractivity contribution in [2.75, 3.05) is 13.6 Å². The Hall–Kier alpha value is -1.35. The maximum absolute atomic E-state index is 12.6. The molecule has 3 rings (SSSR count). The second-order valence-corrected chi connectivity index (χ2v) is 5.47. The van der Waals surface area contributed by atoms with E-state index in [1.807, 2.05) is 13.1 Å². The van der Waals surface area contributed by atoms with Crippen molar-refractivity contribution in [3.63, 3.8) is 0 Å². The summed E-state index contributed by atoms with van der Waals surface area (Å²) in [6, 6.07) is 8.65. The largest absolute Gasteiger partial charge is 0.337 e. The molecule has 0 aromatic heterocycles. The number of nitrogens with one attached hydrogen (secondary N) is 1. The smallest absolute Gasteiger partial charge is 0.244 e. The first-order valence-electron chi connectivity index (χ1n) is 6.79. The Morgan fingerprint density at radius 1 is 1.22 bits per heavy atom. The highest BCUT2D eigenvalue weighted by Gasteiger charge is 2.39. The quantitative estimate of drug-likeness (QED) is 0.863. The van der Waals surface area contributed by atoms with Crippen LogP contribution in [0.4, 0.5) is 0 Å². The van der Waals surface area contributed by atoms with Crippen LogP contribution in [0.1, 0.15) is 42.9 Å². The summed E-state index contributed by atoms with van der Waals surface area (Å²) >= 11 is 0. The molecule has 1 aliphatic heterocycles. The molecule has 1 fully saturated rings. The SMILES string of the molecule is CNC1C(=O)N(C2CC2)CC(C)c2ccccc21. The number of likely N-dealkylation sites (N-methyl/N-ethyl adjacent to an activating group) is 1. The summed E-state index contributed by atoms with van der Waals surface area (Å²) < 4.78 is 0. The molecule has 1 aromatic carbocycles. The summed E-state index contributed by atoms with van der Waals surface area (Å²) in [5.41, 5.74) is 2.47. The predicted molar refractivity (Wildman–Crippen MR) is 71.4 cm³/mol. The molecule has 2 aliphatic rings. The third kappa shape index (κ3) is 1.83. The number of hydrogen-bond donors (Lipinski definition) is 1. The lowest BCUT2D eigenvalue weighted by molar-refractivity contribution is -0.134. The lowest BCUT2D eigenvalue weighted by Gasteiger charge is -2.25. The first-order chi connectivity index (χ1) is 8.72. The van der Waals surface area contributed by atoms with E-state index < -0.39 is 0 Å². The first-order valence-corrected chi connectivity index (χ1v) is 6.79. The zero-order valence-electron chi connectivity index (χ0n) is 11.0. The zero-order valence-corrected chi connectivity index (χ0v) is 11.0. The number of carbonyl (C=O) groups is 1. The van der Waals surface area contributed by atoms with Crippen LogP contribution in [-0.4, -0.2) is 30.4 Å². The van der Waals surface area contributed by atoms with E-state index in [1.54, 1.807) is 0 Å². The Labute approximate surface area is 108 Å². The van der Waals surface area contributed by atoms with Gasteiger partial charge in [0.2, 0.25) is 5.91 Å². The second kappa shape index (κ2) is 4.39. The second-order valence-electron chi connectivity index (χ2n) is 5.47. The van der Waals surface area contributed by atoms with Crippen LogP contribution in [0, 0.1) is 0 Å². The van der Waals surface area contributed by atoms with Gasteiger partial charge in [-0.25, -0.2) is 0 Å². The van der Waals surface area contributed by atoms with Crippen LogP contribution >= 0.6 is 0 Å². The lowest BCUT2D eigenvalue weighted by Crippen LogP contribution is -2.40. The van der Waals surface area contributed by atoms with E-state index in [9.17, 15) is 4.79 Å². The Kier molecular flexibility index (Phi) is 2.86. The summed E-state index contributed by atoms with van der Waals surface area (Å²) in [5.74, 6) is 0.668. The van der Waals surface area contributed by atoms with Gasteiger partial charge >= 0.3 is 0 Å². The average molecular weight is 244 g/mol. The molecule has 2 unspecified atom stereocenters. The van der Waals surface area contributed by atoms with Crippen LogP contribution in [0.15, 0.2) is 24.3 Å². The minimum absolute atomic E-state index is 0.174. The predicted octanol–water partition coefficient (Wildman–Crippen LogP) is 2.06. The Bertz CT molecular complexity index is 467. The normalized spacial score (nSPS) is 27.9. The highest BCUT2D eigenvalue weighted by Crippen LogP contribution is 2.36. The van der Waals surface area contributed by atoms with E-state index in [1.165, 1.54) is 18.4 Å².